The first-order valence-corrected chi connectivity index (χ1v) is 6.64. The van der Waals surface area contributed by atoms with Crippen molar-refractivity contribution in [1.29, 1.82) is 0 Å². The molecule has 6 nitrogen and oxygen atoms in total. The van der Waals surface area contributed by atoms with Gasteiger partial charge in [0.2, 0.25) is 0 Å². The third kappa shape index (κ3) is 5.36. The van der Waals surface area contributed by atoms with Crippen molar-refractivity contribution in [3.8, 4) is 0 Å². The van der Waals surface area contributed by atoms with Crippen LogP contribution in [0.1, 0.15) is 30.1 Å². The van der Waals surface area contributed by atoms with Gasteiger partial charge in [-0.2, -0.15) is 0 Å². The fourth-order valence-corrected chi connectivity index (χ4v) is 1.71. The van der Waals surface area contributed by atoms with Gasteiger partial charge in [-0.3, -0.25) is 14.6 Å². The maximum absolute atomic E-state index is 12.3. The van der Waals surface area contributed by atoms with Gasteiger partial charge in [0.1, 0.15) is 0 Å². The molecule has 1 N–H and O–H groups in total. The van der Waals surface area contributed by atoms with E-state index in [-0.39, 0.29) is 31.4 Å². The molecule has 110 valence electrons. The number of aliphatic hydroxyl groups is 1. The summed E-state index contributed by atoms with van der Waals surface area (Å²) >= 11 is 0. The van der Waals surface area contributed by atoms with Gasteiger partial charge < -0.3 is 14.7 Å². The average Bonchev–Trinajstić information content (AvgIpc) is 2.48. The zero-order valence-corrected chi connectivity index (χ0v) is 11.6. The van der Waals surface area contributed by atoms with Crippen molar-refractivity contribution in [2.75, 3.05) is 26.3 Å². The highest BCUT2D eigenvalue weighted by molar-refractivity contribution is 5.94. The standard InChI is InChI=1S/C14H20N2O4/c1-2-20-13(18)6-9-16(8-4-10-17)14(19)12-5-3-7-15-11-12/h3,5,7,11,17H,2,4,6,8-10H2,1H3. The molecule has 0 radical (unpaired) electrons. The Kier molecular flexibility index (Phi) is 7.27. The van der Waals surface area contributed by atoms with E-state index in [0.717, 1.165) is 0 Å². The van der Waals surface area contributed by atoms with Crippen LogP contribution in [0.5, 0.6) is 0 Å². The van der Waals surface area contributed by atoms with Gasteiger partial charge in [-0.1, -0.05) is 0 Å². The van der Waals surface area contributed by atoms with E-state index >= 15 is 0 Å². The molecule has 1 aromatic heterocycles. The molecule has 1 heterocycles. The zero-order chi connectivity index (χ0) is 14.8. The van der Waals surface area contributed by atoms with E-state index in [1.165, 1.54) is 11.1 Å². The number of esters is 1. The molecule has 0 aromatic carbocycles. The molecule has 0 atom stereocenters. The Labute approximate surface area is 118 Å². The lowest BCUT2D eigenvalue weighted by Crippen LogP contribution is -2.34. The molecule has 1 aromatic rings. The minimum absolute atomic E-state index is 0.00374. The number of hydrogen-bond donors (Lipinski definition) is 1. The number of rotatable bonds is 8. The van der Waals surface area contributed by atoms with Crippen LogP contribution < -0.4 is 0 Å². The first-order chi connectivity index (χ1) is 9.69. The molecular weight excluding hydrogens is 260 g/mol. The van der Waals surface area contributed by atoms with Crippen molar-refractivity contribution in [1.82, 2.24) is 9.88 Å². The number of pyridine rings is 1. The van der Waals surface area contributed by atoms with Crippen LogP contribution >= 0.6 is 0 Å². The quantitative estimate of drug-likeness (QED) is 0.714. The molecule has 20 heavy (non-hydrogen) atoms. The Morgan fingerprint density at radius 1 is 1.40 bits per heavy atom. The molecule has 1 amide bonds. The maximum atomic E-state index is 12.3. The van der Waals surface area contributed by atoms with Crippen molar-refractivity contribution in [2.45, 2.75) is 19.8 Å². The molecule has 0 aliphatic carbocycles. The Morgan fingerprint density at radius 3 is 2.80 bits per heavy atom. The number of hydrogen-bond acceptors (Lipinski definition) is 5. The van der Waals surface area contributed by atoms with Gasteiger partial charge in [0, 0.05) is 32.1 Å². The van der Waals surface area contributed by atoms with Crippen LogP contribution in [0.25, 0.3) is 0 Å². The third-order valence-corrected chi connectivity index (χ3v) is 2.67. The van der Waals surface area contributed by atoms with Gasteiger partial charge in [-0.25, -0.2) is 0 Å². The summed E-state index contributed by atoms with van der Waals surface area (Å²) in [4.78, 5) is 29.1. The van der Waals surface area contributed by atoms with Crippen molar-refractivity contribution < 1.29 is 19.4 Å². The molecule has 0 aliphatic heterocycles. The van der Waals surface area contributed by atoms with Gasteiger partial charge in [0.05, 0.1) is 18.6 Å². The highest BCUT2D eigenvalue weighted by Gasteiger charge is 2.16. The first-order valence-electron chi connectivity index (χ1n) is 6.64. The van der Waals surface area contributed by atoms with Crippen LogP contribution in [0.4, 0.5) is 0 Å². The van der Waals surface area contributed by atoms with E-state index in [1.54, 1.807) is 25.3 Å². The van der Waals surface area contributed by atoms with Crippen LogP contribution in [-0.4, -0.2) is 53.2 Å². The second kappa shape index (κ2) is 9.03. The van der Waals surface area contributed by atoms with Crippen LogP contribution in [0, 0.1) is 0 Å². The third-order valence-electron chi connectivity index (χ3n) is 2.67. The second-order valence-electron chi connectivity index (χ2n) is 4.17. The SMILES string of the molecule is CCOC(=O)CCN(CCCO)C(=O)c1cccnc1. The summed E-state index contributed by atoms with van der Waals surface area (Å²) in [6.45, 7) is 2.72. The van der Waals surface area contributed by atoms with Crippen LogP contribution in [0.15, 0.2) is 24.5 Å². The molecule has 0 bridgehead atoms. The molecular formula is C14H20N2O4. The van der Waals surface area contributed by atoms with Crippen LogP contribution in [0.3, 0.4) is 0 Å². The Bertz CT molecular complexity index is 422. The van der Waals surface area contributed by atoms with Crippen LogP contribution in [0.2, 0.25) is 0 Å². The minimum atomic E-state index is -0.333. The predicted molar refractivity (Wildman–Crippen MR) is 73.1 cm³/mol. The van der Waals surface area contributed by atoms with E-state index in [1.807, 2.05) is 0 Å². The first kappa shape index (κ1) is 16.1. The van der Waals surface area contributed by atoms with E-state index in [0.29, 0.717) is 25.1 Å². The van der Waals surface area contributed by atoms with E-state index in [4.69, 9.17) is 9.84 Å². The summed E-state index contributed by atoms with van der Waals surface area (Å²) in [5.74, 6) is -0.531. The summed E-state index contributed by atoms with van der Waals surface area (Å²) in [6, 6.07) is 3.36. The number of aliphatic hydroxyl groups excluding tert-OH is 1. The van der Waals surface area contributed by atoms with Gasteiger partial charge in [-0.05, 0) is 25.5 Å². The summed E-state index contributed by atoms with van der Waals surface area (Å²) in [5.41, 5.74) is 0.467. The van der Waals surface area contributed by atoms with E-state index < -0.39 is 0 Å². The minimum Gasteiger partial charge on any atom is -0.466 e. The number of ether oxygens (including phenoxy) is 1. The topological polar surface area (TPSA) is 79.7 Å². The Balaban J connectivity index is 2.63. The number of nitrogens with zero attached hydrogens (tertiary/aromatic N) is 2. The van der Waals surface area contributed by atoms with Crippen molar-refractivity contribution in [3.63, 3.8) is 0 Å². The summed E-state index contributed by atoms with van der Waals surface area (Å²) in [6.07, 6.45) is 3.69. The van der Waals surface area contributed by atoms with Gasteiger partial charge in [-0.15, -0.1) is 0 Å². The van der Waals surface area contributed by atoms with E-state index in [2.05, 4.69) is 4.98 Å². The Morgan fingerprint density at radius 2 is 2.20 bits per heavy atom. The molecule has 0 saturated carbocycles. The fourth-order valence-electron chi connectivity index (χ4n) is 1.71. The normalized spacial score (nSPS) is 10.1. The molecule has 0 spiro atoms. The van der Waals surface area contributed by atoms with E-state index in [9.17, 15) is 9.59 Å². The fraction of sp³-hybridized carbons (Fsp3) is 0.500. The van der Waals surface area contributed by atoms with Crippen molar-refractivity contribution in [3.05, 3.63) is 30.1 Å². The number of carbonyl (C=O) groups excluding carboxylic acids is 2. The molecule has 0 aliphatic rings. The van der Waals surface area contributed by atoms with Crippen LogP contribution in [-0.2, 0) is 9.53 Å². The monoisotopic (exact) mass is 280 g/mol. The predicted octanol–water partition coefficient (Wildman–Crippen LogP) is 0.859. The highest BCUT2D eigenvalue weighted by atomic mass is 16.5. The van der Waals surface area contributed by atoms with Gasteiger partial charge in [0.15, 0.2) is 0 Å². The van der Waals surface area contributed by atoms with Gasteiger partial charge in [0.25, 0.3) is 5.91 Å². The second-order valence-corrected chi connectivity index (χ2v) is 4.17. The summed E-state index contributed by atoms with van der Waals surface area (Å²) in [7, 11) is 0. The average molecular weight is 280 g/mol. The van der Waals surface area contributed by atoms with Crippen molar-refractivity contribution in [2.24, 2.45) is 0 Å². The molecule has 6 heteroatoms. The Hall–Kier alpha value is -1.95. The highest BCUT2D eigenvalue weighted by Crippen LogP contribution is 2.05. The van der Waals surface area contributed by atoms with Gasteiger partial charge >= 0.3 is 5.97 Å². The molecule has 0 saturated heterocycles. The lowest BCUT2D eigenvalue weighted by molar-refractivity contribution is -0.143. The summed E-state index contributed by atoms with van der Waals surface area (Å²) in [5, 5.41) is 8.89. The number of aromatic nitrogens is 1. The lowest BCUT2D eigenvalue weighted by atomic mass is 10.2. The zero-order valence-electron chi connectivity index (χ0n) is 11.6. The smallest absolute Gasteiger partial charge is 0.307 e. The molecule has 1 rings (SSSR count). The van der Waals surface area contributed by atoms with Crippen molar-refractivity contribution >= 4 is 11.9 Å². The number of carbonyl (C=O) groups is 2. The lowest BCUT2D eigenvalue weighted by Gasteiger charge is -2.22. The molecule has 0 unspecified atom stereocenters. The molecule has 0 fully saturated rings. The maximum Gasteiger partial charge on any atom is 0.307 e. The number of amides is 1. The largest absolute Gasteiger partial charge is 0.466 e. The summed E-state index contributed by atoms with van der Waals surface area (Å²) < 4.78 is 4.84.